The number of imidazole rings is 2. The van der Waals surface area contributed by atoms with Gasteiger partial charge in [-0.05, 0) is 137 Å². The first kappa shape index (κ1) is 48.1. The topological polar surface area (TPSA) is 187 Å². The first-order valence-corrected chi connectivity index (χ1v) is 28.5. The van der Waals surface area contributed by atoms with E-state index in [0.717, 1.165) is 137 Å². The van der Waals surface area contributed by atoms with Crippen LogP contribution in [0.25, 0.3) is 67.2 Å². The summed E-state index contributed by atoms with van der Waals surface area (Å²) in [6, 6.07) is 18.8. The molecule has 7 fully saturated rings. The highest BCUT2D eigenvalue weighted by molar-refractivity contribution is 6.02. The maximum absolute atomic E-state index is 15.0. The van der Waals surface area contributed by atoms with Crippen LogP contribution in [0.5, 0.6) is 11.5 Å². The van der Waals surface area contributed by atoms with Crippen LogP contribution in [0.3, 0.4) is 0 Å². The van der Waals surface area contributed by atoms with Crippen molar-refractivity contribution in [1.29, 1.82) is 0 Å². The van der Waals surface area contributed by atoms with Gasteiger partial charge in [-0.25, -0.2) is 19.9 Å². The SMILES string of the molecule is CCn1c(-c2nc3cc(C(=O)N4C[C@H]5CC[C@@H]4[C@@H]5Nc4cnc5c(c4)cc(-c4nc6cc(C(=O)N7C[C@H]8CC[C@@H]7[C@@H]8N)cc(OC)c6n4CC4CCOC4)n5CC4CC4)cc(OC)c3n2C2CC(OC)C2)cc2cccnc21. The van der Waals surface area contributed by atoms with Gasteiger partial charge in [0.15, 0.2) is 11.6 Å². The number of carbonyl (C=O) groups excluding carboxylic acids is 2. The summed E-state index contributed by atoms with van der Waals surface area (Å²) in [5.41, 5.74) is 15.7. The summed E-state index contributed by atoms with van der Waals surface area (Å²) >= 11 is 0. The summed E-state index contributed by atoms with van der Waals surface area (Å²) in [4.78, 5) is 54.0. The van der Waals surface area contributed by atoms with E-state index in [-0.39, 0.29) is 54.0 Å². The van der Waals surface area contributed by atoms with E-state index in [1.54, 1.807) is 21.3 Å². The van der Waals surface area contributed by atoms with Gasteiger partial charge >= 0.3 is 0 Å². The Kier molecular flexibility index (Phi) is 11.4. The van der Waals surface area contributed by atoms with Crippen LogP contribution in [0.4, 0.5) is 5.69 Å². The highest BCUT2D eigenvalue weighted by atomic mass is 16.5. The van der Waals surface area contributed by atoms with E-state index in [2.05, 4.69) is 59.7 Å². The molecule has 0 radical (unpaired) electrons. The first-order chi connectivity index (χ1) is 38.2. The zero-order chi connectivity index (χ0) is 52.7. The van der Waals surface area contributed by atoms with Crippen molar-refractivity contribution in [2.45, 2.75) is 121 Å². The standard InChI is InChI=1S/C60H68N12O6/c1-5-67-48(20-34-7-6-15-62-55(34)67)58-66-44-19-39(23-50(77-4)54(44)72(58)41-24-42(25-41)75-2)60(74)70-30-36-11-13-46(70)52(36)64-40-17-37-21-47(68(27-32-8-9-32)56(37)63-26-40)57-65-43-18-38(59(73)69-29-35-10-12-45(69)51(35)61)22-49(76-3)53(43)71(57)28-33-14-16-78-31-33/h6-7,15,17-23,26,32-33,35-36,41-42,45-46,51-52,64H,5,8-14,16,24-25,27-31,61H2,1-4H3/t33?,35-,36-,41?,42?,45-,46-,51-,52-/m1/s1. The molecule has 6 aromatic heterocycles. The Labute approximate surface area is 452 Å². The third-order valence-corrected chi connectivity index (χ3v) is 19.1. The Morgan fingerprint density at radius 2 is 1.40 bits per heavy atom. The lowest BCUT2D eigenvalue weighted by Crippen LogP contribution is -2.41. The Hall–Kier alpha value is -7.02. The number of likely N-dealkylation sites (tertiary alicyclic amines) is 2. The van der Waals surface area contributed by atoms with E-state index in [0.29, 0.717) is 66.6 Å². The maximum atomic E-state index is 15.0. The molecule has 18 nitrogen and oxygen atoms in total. The van der Waals surface area contributed by atoms with Gasteiger partial charge in [-0.1, -0.05) is 0 Å². The molecule has 3 saturated heterocycles. The zero-order valence-corrected chi connectivity index (χ0v) is 44.9. The van der Waals surface area contributed by atoms with Crippen LogP contribution < -0.4 is 20.5 Å². The average molecular weight is 1050 g/mol. The van der Waals surface area contributed by atoms with E-state index in [4.69, 9.17) is 44.6 Å². The molecule has 2 aromatic carbocycles. The summed E-state index contributed by atoms with van der Waals surface area (Å²) < 4.78 is 33.2. The normalized spacial score (nSPS) is 26.4. The molecule has 2 amide bonds. The van der Waals surface area contributed by atoms with Gasteiger partial charge in [0, 0.05) is 98.6 Å². The van der Waals surface area contributed by atoms with Gasteiger partial charge in [0.05, 0.1) is 73.3 Å². The van der Waals surface area contributed by atoms with Gasteiger partial charge in [-0.2, -0.15) is 0 Å². The van der Waals surface area contributed by atoms with E-state index < -0.39 is 0 Å². The Morgan fingerprint density at radius 3 is 2.10 bits per heavy atom. The minimum Gasteiger partial charge on any atom is -0.494 e. The fourth-order valence-electron chi connectivity index (χ4n) is 14.8. The predicted molar refractivity (Wildman–Crippen MR) is 297 cm³/mol. The number of nitrogens with two attached hydrogens (primary N) is 1. The minimum absolute atomic E-state index is 0.000300. The highest BCUT2D eigenvalue weighted by Crippen LogP contribution is 2.47. The van der Waals surface area contributed by atoms with Gasteiger partial charge < -0.3 is 58.1 Å². The van der Waals surface area contributed by atoms with Crippen molar-refractivity contribution in [3.05, 3.63) is 78.1 Å². The molecule has 8 aromatic rings. The van der Waals surface area contributed by atoms with Gasteiger partial charge in [0.25, 0.3) is 11.8 Å². The summed E-state index contributed by atoms with van der Waals surface area (Å²) in [6.45, 7) is 7.18. The molecule has 404 valence electrons. The quantitative estimate of drug-likeness (QED) is 0.0999. The van der Waals surface area contributed by atoms with Crippen LogP contribution in [0.1, 0.15) is 91.5 Å². The smallest absolute Gasteiger partial charge is 0.254 e. The minimum atomic E-state index is -0.0111. The molecular weight excluding hydrogens is 985 g/mol. The van der Waals surface area contributed by atoms with Crippen LogP contribution in [-0.4, -0.2) is 138 Å². The second-order valence-corrected chi connectivity index (χ2v) is 23.5. The fraction of sp³-hybridized carbons (Fsp3) is 0.500. The van der Waals surface area contributed by atoms with Gasteiger partial charge in [0.1, 0.15) is 33.8 Å². The van der Waals surface area contributed by atoms with Crippen molar-refractivity contribution in [2.75, 3.05) is 52.9 Å². The number of nitrogens with one attached hydrogen (secondary N) is 1. The number of aromatic nitrogens is 8. The number of ether oxygens (including phenoxy) is 4. The van der Waals surface area contributed by atoms with Gasteiger partial charge in [-0.3, -0.25) is 9.59 Å². The van der Waals surface area contributed by atoms with E-state index in [1.807, 2.05) is 47.6 Å². The van der Waals surface area contributed by atoms with Crippen LogP contribution in [-0.2, 0) is 29.1 Å². The van der Waals surface area contributed by atoms with E-state index in [9.17, 15) is 9.59 Å². The van der Waals surface area contributed by atoms with Gasteiger partial charge in [-0.15, -0.1) is 0 Å². The summed E-state index contributed by atoms with van der Waals surface area (Å²) in [7, 11) is 5.14. The predicted octanol–water partition coefficient (Wildman–Crippen LogP) is 8.53. The number of nitrogens with zero attached hydrogens (tertiary/aromatic N) is 10. The average Bonchev–Trinajstić information content (AvgIpc) is 4.28. The van der Waals surface area contributed by atoms with Crippen molar-refractivity contribution in [3.8, 4) is 34.5 Å². The lowest BCUT2D eigenvalue weighted by molar-refractivity contribution is 0.00771. The molecule has 7 atom stereocenters. The number of benzene rings is 2. The monoisotopic (exact) mass is 1050 g/mol. The van der Waals surface area contributed by atoms with E-state index >= 15 is 0 Å². The number of hydrogen-bond donors (Lipinski definition) is 2. The van der Waals surface area contributed by atoms with Crippen molar-refractivity contribution >= 4 is 61.6 Å². The third-order valence-electron chi connectivity index (χ3n) is 19.1. The van der Waals surface area contributed by atoms with Gasteiger partial charge in [0.2, 0.25) is 0 Å². The second-order valence-electron chi connectivity index (χ2n) is 23.5. The summed E-state index contributed by atoms with van der Waals surface area (Å²) in [5.74, 6) is 4.42. The maximum Gasteiger partial charge on any atom is 0.254 e. The number of amides is 2. The Bertz CT molecular complexity index is 3710. The molecule has 7 aliphatic rings. The second kappa shape index (κ2) is 18.5. The highest BCUT2D eigenvalue weighted by Gasteiger charge is 2.50. The lowest BCUT2D eigenvalue weighted by Gasteiger charge is -2.36. The lowest BCUT2D eigenvalue weighted by atomic mass is 9.88. The molecule has 4 aliphatic carbocycles. The zero-order valence-electron chi connectivity index (χ0n) is 44.9. The Morgan fingerprint density at radius 1 is 0.718 bits per heavy atom. The van der Waals surface area contributed by atoms with Crippen molar-refractivity contribution in [2.24, 2.45) is 29.4 Å². The van der Waals surface area contributed by atoms with Crippen LogP contribution in [0.15, 0.2) is 67.0 Å². The van der Waals surface area contributed by atoms with Crippen LogP contribution in [0, 0.1) is 23.7 Å². The van der Waals surface area contributed by atoms with Crippen molar-refractivity contribution in [1.82, 2.24) is 48.0 Å². The molecule has 78 heavy (non-hydrogen) atoms. The first-order valence-electron chi connectivity index (χ1n) is 28.5. The van der Waals surface area contributed by atoms with Crippen LogP contribution in [0.2, 0.25) is 0 Å². The number of aryl methyl sites for hydroxylation is 1. The molecule has 9 heterocycles. The molecule has 0 spiro atoms. The molecule has 3 N–H and O–H groups in total. The molecule has 18 heteroatoms. The number of anilines is 1. The molecule has 3 aliphatic heterocycles. The molecule has 4 saturated carbocycles. The number of methoxy groups -OCH3 is 3. The van der Waals surface area contributed by atoms with Crippen molar-refractivity contribution in [3.63, 3.8) is 0 Å². The Balaban J connectivity index is 0.748. The largest absolute Gasteiger partial charge is 0.494 e. The number of rotatable bonds is 15. The fourth-order valence-corrected chi connectivity index (χ4v) is 14.8. The third kappa shape index (κ3) is 7.59. The van der Waals surface area contributed by atoms with Crippen LogP contribution >= 0.6 is 0 Å². The number of carbonyl (C=O) groups is 2. The van der Waals surface area contributed by atoms with Crippen molar-refractivity contribution < 1.29 is 28.5 Å². The number of hydrogen-bond acceptors (Lipinski definition) is 12. The number of fused-ring (bicyclic) bond motifs is 8. The number of pyridine rings is 2. The molecule has 1 unspecified atom stereocenters. The summed E-state index contributed by atoms with van der Waals surface area (Å²) in [5, 5.41) is 6.00. The summed E-state index contributed by atoms with van der Waals surface area (Å²) in [6.07, 6.45) is 13.0. The molecule has 15 rings (SSSR count). The molecular formula is C60H68N12O6. The molecule has 4 bridgehead atoms. The number of piperidine rings is 2. The van der Waals surface area contributed by atoms with E-state index in [1.165, 1.54) is 12.8 Å².